The summed E-state index contributed by atoms with van der Waals surface area (Å²) in [4.78, 5) is 17.3. The molecule has 0 aliphatic carbocycles. The van der Waals surface area contributed by atoms with Crippen molar-refractivity contribution in [2.75, 3.05) is 7.05 Å². The molecule has 0 fully saturated rings. The third-order valence-electron chi connectivity index (χ3n) is 5.04. The van der Waals surface area contributed by atoms with Crippen molar-refractivity contribution in [3.05, 3.63) is 89.5 Å². The minimum Gasteiger partial charge on any atom is -0.286 e. The Labute approximate surface area is 172 Å². The first kappa shape index (κ1) is 19.7. The number of benzene rings is 3. The molecule has 0 radical (unpaired) electrons. The Bertz CT molecular complexity index is 1270. The van der Waals surface area contributed by atoms with E-state index in [1.807, 2.05) is 0 Å². The molecule has 4 aromatic rings. The first-order valence-corrected chi connectivity index (χ1v) is 9.29. The molecule has 1 heterocycles. The molecule has 4 nitrogen and oxygen atoms in total. The smallest absolute Gasteiger partial charge is 0.277 e. The number of aromatic nitrogens is 1. The monoisotopic (exact) mass is 404 g/mol. The van der Waals surface area contributed by atoms with Gasteiger partial charge in [0.1, 0.15) is 11.6 Å². The van der Waals surface area contributed by atoms with Crippen LogP contribution in [0.1, 0.15) is 15.9 Å². The van der Waals surface area contributed by atoms with E-state index in [1.165, 1.54) is 31.3 Å². The maximum Gasteiger partial charge on any atom is 0.277 e. The molecular weight excluding hydrogens is 386 g/mol. The predicted molar refractivity (Wildman–Crippen MR) is 111 cm³/mol. The molecule has 30 heavy (non-hydrogen) atoms. The zero-order chi connectivity index (χ0) is 21.4. The maximum absolute atomic E-state index is 14.1. The molecule has 1 amide bonds. The van der Waals surface area contributed by atoms with Gasteiger partial charge in [0, 0.05) is 23.6 Å². The Balaban J connectivity index is 1.89. The summed E-state index contributed by atoms with van der Waals surface area (Å²) < 4.78 is 27.9. The van der Waals surface area contributed by atoms with E-state index in [4.69, 9.17) is 0 Å². The Morgan fingerprint density at radius 2 is 1.63 bits per heavy atom. The number of rotatable bonds is 3. The first-order valence-electron chi connectivity index (χ1n) is 9.29. The summed E-state index contributed by atoms with van der Waals surface area (Å²) in [7, 11) is 1.22. The zero-order valence-corrected chi connectivity index (χ0v) is 16.4. The van der Waals surface area contributed by atoms with Crippen molar-refractivity contribution in [3.63, 3.8) is 0 Å². The molecule has 0 bridgehead atoms. The summed E-state index contributed by atoms with van der Waals surface area (Å²) in [6.45, 7) is 1.70. The molecule has 3 aromatic carbocycles. The van der Waals surface area contributed by atoms with Gasteiger partial charge in [-0.15, -0.1) is 0 Å². The van der Waals surface area contributed by atoms with E-state index in [9.17, 15) is 18.8 Å². The second kappa shape index (κ2) is 7.65. The van der Waals surface area contributed by atoms with Crippen LogP contribution in [0.2, 0.25) is 0 Å². The molecule has 0 atom stereocenters. The number of hydrogen-bond donors (Lipinski definition) is 1. The lowest BCUT2D eigenvalue weighted by atomic mass is 9.95. The van der Waals surface area contributed by atoms with Crippen LogP contribution < -0.4 is 0 Å². The molecular formula is C24H18F2N2O2. The molecule has 0 aliphatic heterocycles. The van der Waals surface area contributed by atoms with Crippen molar-refractivity contribution in [2.45, 2.75) is 6.92 Å². The quantitative estimate of drug-likeness (QED) is 0.356. The number of amides is 1. The van der Waals surface area contributed by atoms with Gasteiger partial charge in [-0.25, -0.2) is 18.8 Å². The highest BCUT2D eigenvalue weighted by atomic mass is 19.1. The maximum atomic E-state index is 14.1. The molecule has 0 aliphatic rings. The van der Waals surface area contributed by atoms with E-state index in [0.29, 0.717) is 43.9 Å². The van der Waals surface area contributed by atoms with Crippen LogP contribution in [0.3, 0.4) is 0 Å². The van der Waals surface area contributed by atoms with Crippen molar-refractivity contribution < 1.29 is 18.8 Å². The number of halogens is 2. The number of carbonyl (C=O) groups is 1. The number of pyridine rings is 1. The third-order valence-corrected chi connectivity index (χ3v) is 5.04. The van der Waals surface area contributed by atoms with Crippen molar-refractivity contribution >= 4 is 16.8 Å². The largest absolute Gasteiger partial charge is 0.286 e. The Hall–Kier alpha value is -3.64. The van der Waals surface area contributed by atoms with Crippen LogP contribution in [0.25, 0.3) is 33.3 Å². The van der Waals surface area contributed by atoms with Gasteiger partial charge in [0.15, 0.2) is 0 Å². The van der Waals surface area contributed by atoms with Crippen molar-refractivity contribution in [1.29, 1.82) is 0 Å². The van der Waals surface area contributed by atoms with Gasteiger partial charge in [-0.05, 0) is 42.3 Å². The minimum atomic E-state index is -0.658. The first-order chi connectivity index (χ1) is 14.4. The van der Waals surface area contributed by atoms with Crippen LogP contribution in [0.4, 0.5) is 8.78 Å². The lowest BCUT2D eigenvalue weighted by Gasteiger charge is -2.17. The van der Waals surface area contributed by atoms with Crippen LogP contribution in [-0.2, 0) is 0 Å². The Kier molecular flexibility index (Phi) is 5.01. The molecule has 0 saturated heterocycles. The van der Waals surface area contributed by atoms with Crippen molar-refractivity contribution in [3.8, 4) is 22.4 Å². The average Bonchev–Trinajstić information content (AvgIpc) is 2.73. The van der Waals surface area contributed by atoms with Gasteiger partial charge in [-0.2, -0.15) is 0 Å². The van der Waals surface area contributed by atoms with E-state index in [1.54, 1.807) is 49.4 Å². The molecule has 6 heteroatoms. The van der Waals surface area contributed by atoms with Gasteiger partial charge in [0.05, 0.1) is 16.8 Å². The Morgan fingerprint density at radius 3 is 2.30 bits per heavy atom. The number of fused-ring (bicyclic) bond motifs is 1. The van der Waals surface area contributed by atoms with Crippen molar-refractivity contribution in [1.82, 2.24) is 10.0 Å². The van der Waals surface area contributed by atoms with Crippen LogP contribution >= 0.6 is 0 Å². The van der Waals surface area contributed by atoms with Gasteiger partial charge in [-0.1, -0.05) is 42.5 Å². The fourth-order valence-electron chi connectivity index (χ4n) is 3.55. The minimum absolute atomic E-state index is 0.178. The van der Waals surface area contributed by atoms with E-state index >= 15 is 0 Å². The number of nitrogens with zero attached hydrogens (tertiary/aromatic N) is 2. The number of hydrogen-bond acceptors (Lipinski definition) is 3. The average molecular weight is 404 g/mol. The fourth-order valence-corrected chi connectivity index (χ4v) is 3.55. The molecule has 1 N–H and O–H groups in total. The van der Waals surface area contributed by atoms with E-state index in [0.717, 1.165) is 0 Å². The van der Waals surface area contributed by atoms with Crippen LogP contribution in [0, 0.1) is 18.6 Å². The van der Waals surface area contributed by atoms with E-state index in [2.05, 4.69) is 4.98 Å². The SMILES string of the molecule is Cc1c(-c2ccc(-c3ccccc3F)cc2)nc2ccc(F)cc2c1C(=O)N(C)O. The highest BCUT2D eigenvalue weighted by molar-refractivity contribution is 6.08. The molecule has 1 aromatic heterocycles. The topological polar surface area (TPSA) is 53.4 Å². The summed E-state index contributed by atoms with van der Waals surface area (Å²) >= 11 is 0. The summed E-state index contributed by atoms with van der Waals surface area (Å²) in [5, 5.41) is 10.5. The van der Waals surface area contributed by atoms with Gasteiger partial charge in [0.25, 0.3) is 5.91 Å². The normalized spacial score (nSPS) is 11.0. The van der Waals surface area contributed by atoms with Crippen LogP contribution in [0.15, 0.2) is 66.7 Å². The number of carbonyl (C=O) groups excluding carboxylic acids is 1. The summed E-state index contributed by atoms with van der Waals surface area (Å²) in [5.74, 6) is -1.47. The van der Waals surface area contributed by atoms with Gasteiger partial charge in [-0.3, -0.25) is 10.0 Å². The van der Waals surface area contributed by atoms with E-state index in [-0.39, 0.29) is 11.4 Å². The molecule has 4 rings (SSSR count). The third kappa shape index (κ3) is 3.42. The molecule has 0 saturated carbocycles. The van der Waals surface area contributed by atoms with Gasteiger partial charge >= 0.3 is 0 Å². The van der Waals surface area contributed by atoms with Crippen LogP contribution in [0.5, 0.6) is 0 Å². The fraction of sp³-hybridized carbons (Fsp3) is 0.0833. The van der Waals surface area contributed by atoms with E-state index < -0.39 is 11.7 Å². The zero-order valence-electron chi connectivity index (χ0n) is 16.4. The Morgan fingerprint density at radius 1 is 0.967 bits per heavy atom. The van der Waals surface area contributed by atoms with Gasteiger partial charge < -0.3 is 0 Å². The second-order valence-electron chi connectivity index (χ2n) is 7.01. The lowest BCUT2D eigenvalue weighted by molar-refractivity contribution is -0.0373. The predicted octanol–water partition coefficient (Wildman–Crippen LogP) is 5.62. The molecule has 150 valence electrons. The lowest BCUT2D eigenvalue weighted by Crippen LogP contribution is -2.24. The summed E-state index contributed by atoms with van der Waals surface area (Å²) in [6.07, 6.45) is 0. The second-order valence-corrected chi connectivity index (χ2v) is 7.01. The standard InChI is InChI=1S/C24H18F2N2O2/c1-14-22(24(29)28(2)30)19-13-17(25)11-12-21(19)27-23(14)16-9-7-15(8-10-16)18-5-3-4-6-20(18)26/h3-13,30H,1-2H3. The summed E-state index contributed by atoms with van der Waals surface area (Å²) in [6, 6.07) is 17.7. The van der Waals surface area contributed by atoms with Gasteiger partial charge in [0.2, 0.25) is 0 Å². The highest BCUT2D eigenvalue weighted by Gasteiger charge is 2.21. The van der Waals surface area contributed by atoms with Crippen LogP contribution in [-0.4, -0.2) is 28.2 Å². The number of hydroxylamine groups is 2. The highest BCUT2D eigenvalue weighted by Crippen LogP contribution is 2.32. The molecule has 0 spiro atoms. The van der Waals surface area contributed by atoms with Crippen molar-refractivity contribution in [2.24, 2.45) is 0 Å². The molecule has 0 unspecified atom stereocenters. The summed E-state index contributed by atoms with van der Waals surface area (Å²) in [5.41, 5.74) is 3.56.